The van der Waals surface area contributed by atoms with E-state index in [-0.39, 0.29) is 17.2 Å². The van der Waals surface area contributed by atoms with Gasteiger partial charge in [0, 0.05) is 13.0 Å². The first-order chi connectivity index (χ1) is 11.2. The second-order valence-electron chi connectivity index (χ2n) is 8.89. The van der Waals surface area contributed by atoms with E-state index < -0.39 is 13.9 Å². The molecule has 0 bridgehead atoms. The first-order valence-electron chi connectivity index (χ1n) is 8.93. The van der Waals surface area contributed by atoms with Crippen LogP contribution in [-0.2, 0) is 9.16 Å². The van der Waals surface area contributed by atoms with Crippen molar-refractivity contribution in [1.82, 2.24) is 4.90 Å². The molecule has 25 heavy (non-hydrogen) atoms. The largest absolute Gasteiger partial charge is 0.444 e. The van der Waals surface area contributed by atoms with Gasteiger partial charge in [-0.1, -0.05) is 26.8 Å². The summed E-state index contributed by atoms with van der Waals surface area (Å²) in [6.07, 6.45) is 8.06. The standard InChI is InChI=1S/C20H37NO3Si/c1-11-13-14-17(16-23-25(9,10)20(6,7)8)21(15-12-2)18(22)24-19(3,4)5/h1,12,17H,2,13-16H2,3-10H3. The SMILES string of the molecule is C#CCCC(CO[Si](C)(C)C(C)(C)C)N(CC=C)C(=O)OC(C)(C)C. The minimum absolute atomic E-state index is 0.110. The van der Waals surface area contributed by atoms with E-state index in [1.54, 1.807) is 11.0 Å². The first-order valence-corrected chi connectivity index (χ1v) is 11.8. The Labute approximate surface area is 156 Å². The van der Waals surface area contributed by atoms with Gasteiger partial charge in [-0.25, -0.2) is 4.79 Å². The Morgan fingerprint density at radius 2 is 1.84 bits per heavy atom. The second kappa shape index (κ2) is 9.45. The summed E-state index contributed by atoms with van der Waals surface area (Å²) in [5, 5.41) is 0.110. The maximum Gasteiger partial charge on any atom is 0.410 e. The molecule has 0 aliphatic heterocycles. The van der Waals surface area contributed by atoms with Gasteiger partial charge in [-0.2, -0.15) is 0 Å². The molecule has 0 spiro atoms. The Kier molecular flexibility index (Phi) is 8.97. The van der Waals surface area contributed by atoms with E-state index in [1.165, 1.54) is 0 Å². The van der Waals surface area contributed by atoms with Crippen LogP contribution in [0.25, 0.3) is 0 Å². The number of amides is 1. The average Bonchev–Trinajstić information content (AvgIpc) is 2.42. The van der Waals surface area contributed by atoms with Crippen LogP contribution in [0, 0.1) is 12.3 Å². The molecule has 0 aromatic heterocycles. The quantitative estimate of drug-likeness (QED) is 0.336. The van der Waals surface area contributed by atoms with Crippen LogP contribution in [0.4, 0.5) is 4.79 Å². The molecule has 0 aliphatic rings. The maximum atomic E-state index is 12.6. The van der Waals surface area contributed by atoms with Crippen molar-refractivity contribution in [2.75, 3.05) is 13.2 Å². The highest BCUT2D eigenvalue weighted by Gasteiger charge is 2.38. The van der Waals surface area contributed by atoms with Crippen LogP contribution in [0.15, 0.2) is 12.7 Å². The van der Waals surface area contributed by atoms with Gasteiger partial charge in [0.05, 0.1) is 12.6 Å². The third kappa shape index (κ3) is 8.60. The fourth-order valence-electron chi connectivity index (χ4n) is 1.93. The third-order valence-corrected chi connectivity index (χ3v) is 8.96. The van der Waals surface area contributed by atoms with Gasteiger partial charge in [0.1, 0.15) is 5.60 Å². The van der Waals surface area contributed by atoms with Gasteiger partial charge in [0.25, 0.3) is 0 Å². The monoisotopic (exact) mass is 367 g/mol. The van der Waals surface area contributed by atoms with Crippen LogP contribution < -0.4 is 0 Å². The lowest BCUT2D eigenvalue weighted by Gasteiger charge is -2.39. The number of carbonyl (C=O) groups excluding carboxylic acids is 1. The van der Waals surface area contributed by atoms with Crippen molar-refractivity contribution < 1.29 is 14.0 Å². The predicted molar refractivity (Wildman–Crippen MR) is 108 cm³/mol. The Balaban J connectivity index is 5.31. The molecule has 0 heterocycles. The zero-order valence-corrected chi connectivity index (χ0v) is 18.4. The summed E-state index contributed by atoms with van der Waals surface area (Å²) in [4.78, 5) is 14.3. The molecule has 0 fully saturated rings. The Bertz CT molecular complexity index is 481. The zero-order valence-electron chi connectivity index (χ0n) is 17.4. The fourth-order valence-corrected chi connectivity index (χ4v) is 2.97. The van der Waals surface area contributed by atoms with Crippen LogP contribution in [0.5, 0.6) is 0 Å². The molecule has 144 valence electrons. The van der Waals surface area contributed by atoms with E-state index in [0.29, 0.717) is 26.0 Å². The lowest BCUT2D eigenvalue weighted by Crippen LogP contribution is -2.49. The van der Waals surface area contributed by atoms with Crippen LogP contribution in [0.1, 0.15) is 54.4 Å². The van der Waals surface area contributed by atoms with Crippen LogP contribution >= 0.6 is 0 Å². The normalized spacial score (nSPS) is 13.7. The smallest absolute Gasteiger partial charge is 0.410 e. The molecular formula is C20H37NO3Si. The summed E-state index contributed by atoms with van der Waals surface area (Å²) in [7, 11) is -1.91. The topological polar surface area (TPSA) is 38.8 Å². The Morgan fingerprint density at radius 3 is 2.24 bits per heavy atom. The molecule has 5 heteroatoms. The van der Waals surface area contributed by atoms with E-state index in [2.05, 4.69) is 46.4 Å². The minimum Gasteiger partial charge on any atom is -0.444 e. The molecule has 1 amide bonds. The van der Waals surface area contributed by atoms with Gasteiger partial charge < -0.3 is 9.16 Å². The van der Waals surface area contributed by atoms with Gasteiger partial charge >= 0.3 is 6.09 Å². The molecule has 0 aliphatic carbocycles. The van der Waals surface area contributed by atoms with Crippen molar-refractivity contribution in [3.8, 4) is 12.3 Å². The molecule has 1 unspecified atom stereocenters. The first kappa shape index (κ1) is 23.7. The van der Waals surface area contributed by atoms with Crippen molar-refractivity contribution in [3.63, 3.8) is 0 Å². The molecule has 1 atom stereocenters. The van der Waals surface area contributed by atoms with Gasteiger partial charge in [-0.15, -0.1) is 18.9 Å². The van der Waals surface area contributed by atoms with Crippen molar-refractivity contribution in [2.45, 2.75) is 84.2 Å². The van der Waals surface area contributed by atoms with E-state index >= 15 is 0 Å². The molecular weight excluding hydrogens is 330 g/mol. The van der Waals surface area contributed by atoms with Crippen molar-refractivity contribution in [1.29, 1.82) is 0 Å². The van der Waals surface area contributed by atoms with Crippen molar-refractivity contribution in [3.05, 3.63) is 12.7 Å². The number of rotatable bonds is 8. The number of hydrogen-bond acceptors (Lipinski definition) is 3. The number of carbonyl (C=O) groups is 1. The minimum atomic E-state index is -1.91. The molecule has 0 rings (SSSR count). The highest BCUT2D eigenvalue weighted by Crippen LogP contribution is 2.36. The number of hydrogen-bond donors (Lipinski definition) is 0. The van der Waals surface area contributed by atoms with E-state index in [1.807, 2.05) is 20.8 Å². The van der Waals surface area contributed by atoms with Gasteiger partial charge in [0.15, 0.2) is 8.32 Å². The van der Waals surface area contributed by atoms with Crippen LogP contribution in [-0.4, -0.2) is 44.1 Å². The van der Waals surface area contributed by atoms with Crippen LogP contribution in [0.3, 0.4) is 0 Å². The molecule has 0 saturated heterocycles. The van der Waals surface area contributed by atoms with Crippen molar-refractivity contribution in [2.24, 2.45) is 0 Å². The van der Waals surface area contributed by atoms with Gasteiger partial charge in [-0.05, 0) is 45.3 Å². The summed E-state index contributed by atoms with van der Waals surface area (Å²) in [6.45, 7) is 21.2. The molecule has 0 saturated carbocycles. The van der Waals surface area contributed by atoms with Gasteiger partial charge in [-0.3, -0.25) is 4.90 Å². The highest BCUT2D eigenvalue weighted by atomic mass is 28.4. The molecule has 0 N–H and O–H groups in total. The predicted octanol–water partition coefficient (Wildman–Crippen LogP) is 5.21. The Hall–Kier alpha value is -1.25. The molecule has 0 aromatic carbocycles. The number of ether oxygens (including phenoxy) is 1. The maximum absolute atomic E-state index is 12.6. The molecule has 0 aromatic rings. The van der Waals surface area contributed by atoms with Crippen LogP contribution in [0.2, 0.25) is 18.1 Å². The summed E-state index contributed by atoms with van der Waals surface area (Å²) < 4.78 is 11.9. The summed E-state index contributed by atoms with van der Waals surface area (Å²) in [6, 6.07) is -0.127. The third-order valence-electron chi connectivity index (χ3n) is 4.46. The zero-order chi connectivity index (χ0) is 19.9. The van der Waals surface area contributed by atoms with E-state index in [0.717, 1.165) is 0 Å². The summed E-state index contributed by atoms with van der Waals surface area (Å²) >= 11 is 0. The fraction of sp³-hybridized carbons (Fsp3) is 0.750. The lowest BCUT2D eigenvalue weighted by atomic mass is 10.1. The number of nitrogens with zero attached hydrogens (tertiary/aromatic N) is 1. The van der Waals surface area contributed by atoms with E-state index in [4.69, 9.17) is 15.6 Å². The lowest BCUT2D eigenvalue weighted by molar-refractivity contribution is 0.0122. The van der Waals surface area contributed by atoms with Gasteiger partial charge in [0.2, 0.25) is 0 Å². The summed E-state index contributed by atoms with van der Waals surface area (Å²) in [5.74, 6) is 2.66. The van der Waals surface area contributed by atoms with E-state index in [9.17, 15) is 4.79 Å². The average molecular weight is 368 g/mol. The summed E-state index contributed by atoms with van der Waals surface area (Å²) in [5.41, 5.74) is -0.548. The van der Waals surface area contributed by atoms with Crippen molar-refractivity contribution >= 4 is 14.4 Å². The highest BCUT2D eigenvalue weighted by molar-refractivity contribution is 6.74. The second-order valence-corrected chi connectivity index (χ2v) is 13.7. The molecule has 4 nitrogen and oxygen atoms in total. The Morgan fingerprint density at radius 1 is 1.28 bits per heavy atom. The number of terminal acetylenes is 1. The molecule has 0 radical (unpaired) electrons.